The number of anilines is 2. The van der Waals surface area contributed by atoms with Gasteiger partial charge in [-0.15, -0.1) is 12.4 Å². The van der Waals surface area contributed by atoms with Crippen molar-refractivity contribution in [1.29, 1.82) is 0 Å². The first-order valence-corrected chi connectivity index (χ1v) is 8.28. The molecule has 3 heterocycles. The summed E-state index contributed by atoms with van der Waals surface area (Å²) in [5, 5.41) is 4.67. The summed E-state index contributed by atoms with van der Waals surface area (Å²) < 4.78 is 0. The van der Waals surface area contributed by atoms with Crippen LogP contribution in [0.5, 0.6) is 0 Å². The number of hydrogen-bond acceptors (Lipinski definition) is 6. The van der Waals surface area contributed by atoms with Gasteiger partial charge in [-0.2, -0.15) is 0 Å². The molecule has 0 aromatic carbocycles. The SMILES string of the molecule is Cl.Nc1nccc(-c2c[nH]c3nccc(NC4CCCC(N)C4)c23)n1. The number of fused-ring (bicyclic) bond motifs is 1. The molecule has 0 amide bonds. The molecule has 2 unspecified atom stereocenters. The van der Waals surface area contributed by atoms with Crippen molar-refractivity contribution in [2.75, 3.05) is 11.1 Å². The fraction of sp³-hybridized carbons (Fsp3) is 0.353. The number of pyridine rings is 1. The molecule has 8 heteroatoms. The highest BCUT2D eigenvalue weighted by molar-refractivity contribution is 6.01. The summed E-state index contributed by atoms with van der Waals surface area (Å²) in [6.45, 7) is 0. The van der Waals surface area contributed by atoms with Gasteiger partial charge in [-0.25, -0.2) is 15.0 Å². The molecule has 1 fully saturated rings. The number of nitrogens with two attached hydrogens (primary N) is 2. The van der Waals surface area contributed by atoms with E-state index in [-0.39, 0.29) is 24.4 Å². The minimum Gasteiger partial charge on any atom is -0.382 e. The number of nitrogens with one attached hydrogen (secondary N) is 2. The van der Waals surface area contributed by atoms with Crippen LogP contribution in [-0.4, -0.2) is 32.0 Å². The Balaban J connectivity index is 0.00000182. The molecule has 1 aliphatic rings. The lowest BCUT2D eigenvalue weighted by molar-refractivity contribution is 0.410. The molecule has 0 aliphatic heterocycles. The third-order valence-corrected chi connectivity index (χ3v) is 4.60. The van der Waals surface area contributed by atoms with Gasteiger partial charge in [0.15, 0.2) is 0 Å². The van der Waals surface area contributed by atoms with Gasteiger partial charge in [-0.1, -0.05) is 0 Å². The van der Waals surface area contributed by atoms with Crippen molar-refractivity contribution in [3.63, 3.8) is 0 Å². The molecule has 3 aromatic rings. The second kappa shape index (κ2) is 7.25. The Morgan fingerprint density at radius 3 is 2.80 bits per heavy atom. The Hall–Kier alpha value is -2.38. The van der Waals surface area contributed by atoms with Gasteiger partial charge >= 0.3 is 0 Å². The van der Waals surface area contributed by atoms with E-state index in [1.807, 2.05) is 24.5 Å². The van der Waals surface area contributed by atoms with Gasteiger partial charge in [0.1, 0.15) is 5.65 Å². The van der Waals surface area contributed by atoms with E-state index in [1.165, 1.54) is 0 Å². The number of nitrogen functional groups attached to an aromatic ring is 1. The normalized spacial score (nSPS) is 20.2. The molecule has 1 saturated carbocycles. The summed E-state index contributed by atoms with van der Waals surface area (Å²) in [6.07, 6.45) is 9.79. The van der Waals surface area contributed by atoms with E-state index < -0.39 is 0 Å². The molecular weight excluding hydrogens is 338 g/mol. The van der Waals surface area contributed by atoms with Crippen molar-refractivity contribution >= 4 is 35.1 Å². The molecule has 0 bridgehead atoms. The highest BCUT2D eigenvalue weighted by atomic mass is 35.5. The molecular formula is C17H22ClN7. The van der Waals surface area contributed by atoms with Gasteiger partial charge in [0.25, 0.3) is 0 Å². The van der Waals surface area contributed by atoms with Gasteiger partial charge in [0, 0.05) is 41.9 Å². The first-order valence-electron chi connectivity index (χ1n) is 8.28. The predicted octanol–water partition coefficient (Wildman–Crippen LogP) is 2.71. The number of aromatic amines is 1. The molecule has 25 heavy (non-hydrogen) atoms. The van der Waals surface area contributed by atoms with Crippen molar-refractivity contribution in [1.82, 2.24) is 19.9 Å². The maximum absolute atomic E-state index is 6.12. The zero-order valence-electron chi connectivity index (χ0n) is 13.8. The molecule has 1 aliphatic carbocycles. The number of halogens is 1. The minimum atomic E-state index is 0. The van der Waals surface area contributed by atoms with E-state index in [4.69, 9.17) is 11.5 Å². The van der Waals surface area contributed by atoms with Crippen LogP contribution in [0.25, 0.3) is 22.3 Å². The number of rotatable bonds is 3. The standard InChI is InChI=1S/C17H21N7.ClH/c18-10-2-1-3-11(8-10)23-14-5-6-20-16-15(14)12(9-22-16)13-4-7-21-17(19)24-13;/h4-7,9-11H,1-3,8,18H2,(H2,19,21,24)(H2,20,22,23);1H. The van der Waals surface area contributed by atoms with E-state index >= 15 is 0 Å². The lowest BCUT2D eigenvalue weighted by Gasteiger charge is -2.28. The van der Waals surface area contributed by atoms with E-state index in [1.54, 1.807) is 6.20 Å². The van der Waals surface area contributed by atoms with Crippen molar-refractivity contribution in [2.45, 2.75) is 37.8 Å². The Labute approximate surface area is 152 Å². The fourth-order valence-electron chi connectivity index (χ4n) is 3.48. The lowest BCUT2D eigenvalue weighted by Crippen LogP contribution is -2.34. The zero-order valence-corrected chi connectivity index (χ0v) is 14.6. The number of aromatic nitrogens is 4. The van der Waals surface area contributed by atoms with Crippen LogP contribution in [0.3, 0.4) is 0 Å². The molecule has 4 rings (SSSR count). The highest BCUT2D eigenvalue weighted by Gasteiger charge is 2.21. The summed E-state index contributed by atoms with van der Waals surface area (Å²) in [5.74, 6) is 0.263. The Morgan fingerprint density at radius 2 is 2.00 bits per heavy atom. The van der Waals surface area contributed by atoms with Crippen LogP contribution >= 0.6 is 12.4 Å². The molecule has 0 spiro atoms. The van der Waals surface area contributed by atoms with Crippen LogP contribution in [0.1, 0.15) is 25.7 Å². The molecule has 0 saturated heterocycles. The average molecular weight is 360 g/mol. The lowest BCUT2D eigenvalue weighted by atomic mass is 9.91. The van der Waals surface area contributed by atoms with Gasteiger partial charge < -0.3 is 21.8 Å². The number of H-pyrrole nitrogens is 1. The fourth-order valence-corrected chi connectivity index (χ4v) is 3.48. The summed E-state index contributed by atoms with van der Waals surface area (Å²) in [7, 11) is 0. The first-order chi connectivity index (χ1) is 11.7. The van der Waals surface area contributed by atoms with Gasteiger partial charge in [0.05, 0.1) is 11.1 Å². The highest BCUT2D eigenvalue weighted by Crippen LogP contribution is 2.33. The maximum Gasteiger partial charge on any atom is 0.220 e. The van der Waals surface area contributed by atoms with Crippen molar-refractivity contribution in [3.8, 4) is 11.3 Å². The second-order valence-corrected chi connectivity index (χ2v) is 6.35. The molecule has 132 valence electrons. The van der Waals surface area contributed by atoms with E-state index in [2.05, 4.69) is 25.3 Å². The monoisotopic (exact) mass is 359 g/mol. The van der Waals surface area contributed by atoms with Crippen LogP contribution < -0.4 is 16.8 Å². The Kier molecular flexibility index (Phi) is 5.06. The van der Waals surface area contributed by atoms with E-state index in [0.717, 1.165) is 53.7 Å². The van der Waals surface area contributed by atoms with E-state index in [9.17, 15) is 0 Å². The molecule has 7 nitrogen and oxygen atoms in total. The summed E-state index contributed by atoms with van der Waals surface area (Å²) >= 11 is 0. The van der Waals surface area contributed by atoms with Crippen molar-refractivity contribution in [2.24, 2.45) is 5.73 Å². The van der Waals surface area contributed by atoms with Crippen LogP contribution in [0, 0.1) is 0 Å². The zero-order chi connectivity index (χ0) is 16.5. The van der Waals surface area contributed by atoms with Crippen molar-refractivity contribution in [3.05, 3.63) is 30.7 Å². The molecule has 3 aromatic heterocycles. The van der Waals surface area contributed by atoms with E-state index in [0.29, 0.717) is 6.04 Å². The topological polar surface area (TPSA) is 119 Å². The smallest absolute Gasteiger partial charge is 0.220 e. The van der Waals surface area contributed by atoms with Crippen molar-refractivity contribution < 1.29 is 0 Å². The minimum absolute atomic E-state index is 0. The van der Waals surface area contributed by atoms with Crippen LogP contribution in [0.15, 0.2) is 30.7 Å². The summed E-state index contributed by atoms with van der Waals surface area (Å²) in [4.78, 5) is 15.9. The first kappa shape index (κ1) is 17.4. The average Bonchev–Trinajstić information content (AvgIpc) is 3.00. The Bertz CT molecular complexity index is 863. The number of hydrogen-bond donors (Lipinski definition) is 4. The van der Waals surface area contributed by atoms with Crippen LogP contribution in [0.2, 0.25) is 0 Å². The van der Waals surface area contributed by atoms with Gasteiger partial charge in [-0.05, 0) is 37.8 Å². The van der Waals surface area contributed by atoms with Crippen LogP contribution in [0.4, 0.5) is 11.6 Å². The largest absolute Gasteiger partial charge is 0.382 e. The summed E-state index contributed by atoms with van der Waals surface area (Å²) in [6, 6.07) is 4.52. The molecule has 2 atom stereocenters. The predicted molar refractivity (Wildman–Crippen MR) is 103 cm³/mol. The van der Waals surface area contributed by atoms with Gasteiger partial charge in [-0.3, -0.25) is 0 Å². The second-order valence-electron chi connectivity index (χ2n) is 6.35. The van der Waals surface area contributed by atoms with Gasteiger partial charge in [0.2, 0.25) is 5.95 Å². The quantitative estimate of drug-likeness (QED) is 0.571. The third-order valence-electron chi connectivity index (χ3n) is 4.60. The number of nitrogens with zero attached hydrogens (tertiary/aromatic N) is 3. The Morgan fingerprint density at radius 1 is 1.16 bits per heavy atom. The summed E-state index contributed by atoms with van der Waals surface area (Å²) in [5.41, 5.74) is 15.5. The third kappa shape index (κ3) is 3.52. The maximum atomic E-state index is 6.12. The van der Waals surface area contributed by atoms with Crippen LogP contribution in [-0.2, 0) is 0 Å². The molecule has 6 N–H and O–H groups in total. The molecule has 0 radical (unpaired) electrons.